The van der Waals surface area contributed by atoms with Crippen LogP contribution in [0.1, 0.15) is 27.2 Å². The molecule has 0 unspecified atom stereocenters. The number of ketones is 1. The van der Waals surface area contributed by atoms with Crippen molar-refractivity contribution in [2.45, 2.75) is 57.4 Å². The normalized spacial score (nSPS) is 54.6. The number of hydrogen-bond donors (Lipinski definition) is 3. The number of allylic oxidation sites excluding steroid dienone is 1. The molecule has 2 saturated heterocycles. The van der Waals surface area contributed by atoms with Crippen molar-refractivity contribution < 1.29 is 76.6 Å². The minimum absolute atomic E-state index is 0. The molecule has 11 atom stereocenters. The third-order valence-electron chi connectivity index (χ3n) is 8.81. The Hall–Kier alpha value is -0.706. The molecule has 5 rings (SSSR count). The molecule has 31 heavy (non-hydrogen) atoms. The fraction of sp³-hybridized carbons (Fsp3) is 0.762. The fourth-order valence-corrected chi connectivity index (χ4v) is 7.78. The second kappa shape index (κ2) is 7.14. The second-order valence-electron chi connectivity index (χ2n) is 9.81. The summed E-state index contributed by atoms with van der Waals surface area (Å²) in [5.74, 6) is -6.01. The Morgan fingerprint density at radius 2 is 1.97 bits per heavy atom. The van der Waals surface area contributed by atoms with E-state index in [4.69, 9.17) is 14.2 Å². The quantitative estimate of drug-likeness (QED) is 0.323. The van der Waals surface area contributed by atoms with Gasteiger partial charge in [0, 0.05) is 55.4 Å². The summed E-state index contributed by atoms with van der Waals surface area (Å²) in [6.07, 6.45) is -3.18. The second-order valence-corrected chi connectivity index (χ2v) is 9.81. The summed E-state index contributed by atoms with van der Waals surface area (Å²) < 4.78 is 16.6. The summed E-state index contributed by atoms with van der Waals surface area (Å²) in [5, 5.41) is 33.8. The maximum absolute atomic E-state index is 12.8. The number of carbonyl (C=O) groups excluding carboxylic acids is 3. The summed E-state index contributed by atoms with van der Waals surface area (Å²) in [6.45, 7) is 6.39. The van der Waals surface area contributed by atoms with Crippen LogP contribution >= 0.6 is 0 Å². The van der Waals surface area contributed by atoms with Crippen molar-refractivity contribution in [3.8, 4) is 0 Å². The molecule has 2 aliphatic heterocycles. The molecule has 3 N–H and O–H groups in total. The van der Waals surface area contributed by atoms with Gasteiger partial charge in [0.25, 0.3) is 0 Å². The molecule has 0 aromatic heterocycles. The number of aliphatic hydroxyl groups is 3. The van der Waals surface area contributed by atoms with E-state index in [1.807, 2.05) is 0 Å². The molecule has 0 aromatic carbocycles. The van der Waals surface area contributed by atoms with Gasteiger partial charge < -0.3 is 34.3 Å². The van der Waals surface area contributed by atoms with Crippen molar-refractivity contribution in [1.82, 2.24) is 0 Å². The predicted molar refractivity (Wildman–Crippen MR) is 96.9 cm³/mol. The molecule has 2 saturated carbocycles. The minimum Gasteiger partial charge on any atom is -0.643 e. The topological polar surface area (TPSA) is 140 Å². The van der Waals surface area contributed by atoms with E-state index in [1.165, 1.54) is 12.5 Å². The number of esters is 1. The summed E-state index contributed by atoms with van der Waals surface area (Å²) in [6, 6.07) is 0. The first-order valence-corrected chi connectivity index (χ1v) is 10.2. The third kappa shape index (κ3) is 2.51. The van der Waals surface area contributed by atoms with Gasteiger partial charge in [0.2, 0.25) is 0 Å². The van der Waals surface area contributed by atoms with E-state index in [2.05, 4.69) is 0 Å². The number of rotatable bonds is 2. The Balaban J connectivity index is 0.00000231. The molecular weight excluding hydrogens is 485 g/mol. The summed E-state index contributed by atoms with van der Waals surface area (Å²) in [7, 11) is 0. The Morgan fingerprint density at radius 1 is 1.29 bits per heavy atom. The van der Waals surface area contributed by atoms with Crippen LogP contribution in [0.3, 0.4) is 0 Å². The molecule has 0 amide bonds. The van der Waals surface area contributed by atoms with Gasteiger partial charge in [0.1, 0.15) is 18.3 Å². The Bertz CT molecular complexity index is 875. The zero-order valence-corrected chi connectivity index (χ0v) is 20.3. The molecule has 0 aromatic rings. The summed E-state index contributed by atoms with van der Waals surface area (Å²) >= 11 is 0. The van der Waals surface area contributed by atoms with Crippen LogP contribution in [0, 0.1) is 34.5 Å². The monoisotopic (exact) mass is 510 g/mol. The standard InChI is InChI=1S/C21H25O9.Y/c1-8-4-11(23)16(25)19(3)10(8)5-12-20-6-29-21(27,18(19)20)15(24)9(2)13(20)14(28-7-22)17(26)30-12;/h4,9-10,12-16,18,24-25,27H,5-6H2,1-3H3;/q-1;/t9-,10+,12-,13-,14-,15-,16-,18-,19-,20+,21+;/m1./s1. The minimum atomic E-state index is -2.06. The predicted octanol–water partition coefficient (Wildman–Crippen LogP) is -0.774. The number of fused-ring (bicyclic) bond motifs is 1. The maximum atomic E-state index is 12.8. The van der Waals surface area contributed by atoms with Crippen LogP contribution in [0.5, 0.6) is 0 Å². The molecule has 1 spiro atoms. The van der Waals surface area contributed by atoms with Gasteiger partial charge in [0.15, 0.2) is 17.7 Å². The van der Waals surface area contributed by atoms with Crippen LogP contribution in [0.2, 0.25) is 0 Å². The summed E-state index contributed by atoms with van der Waals surface area (Å²) in [5.41, 5.74) is -1.52. The van der Waals surface area contributed by atoms with Crippen molar-refractivity contribution in [3.05, 3.63) is 11.6 Å². The Labute approximate surface area is 204 Å². The van der Waals surface area contributed by atoms with E-state index in [0.717, 1.165) is 0 Å². The van der Waals surface area contributed by atoms with E-state index < -0.39 is 70.5 Å². The average Bonchev–Trinajstić information content (AvgIpc) is 2.98. The molecule has 2 bridgehead atoms. The van der Waals surface area contributed by atoms with Crippen molar-refractivity contribution in [3.63, 3.8) is 0 Å². The SMILES string of the molecule is CC1=CC(=O)[C@@H](O)[C@]2(C)[C@H]3[C@@]4(O)OC[C@]35[C@H]([C@@H](C)[C@H]4O)[C@@H](O[C-]=O)C(=O)O[C@@H]5C[C@@H]12.[Y]. The van der Waals surface area contributed by atoms with Crippen molar-refractivity contribution >= 4 is 18.2 Å². The summed E-state index contributed by atoms with van der Waals surface area (Å²) in [4.78, 5) is 36.4. The molecule has 2 heterocycles. The first kappa shape index (κ1) is 23.5. The number of aliphatic hydroxyl groups excluding tert-OH is 2. The van der Waals surface area contributed by atoms with E-state index in [1.54, 1.807) is 20.8 Å². The zero-order valence-electron chi connectivity index (χ0n) is 17.5. The van der Waals surface area contributed by atoms with Gasteiger partial charge in [-0.15, -0.1) is 0 Å². The molecule has 3 aliphatic carbocycles. The molecule has 167 valence electrons. The molecule has 10 heteroatoms. The van der Waals surface area contributed by atoms with Gasteiger partial charge in [-0.05, 0) is 31.3 Å². The maximum Gasteiger partial charge on any atom is 0.344 e. The molecule has 1 radical (unpaired) electrons. The zero-order chi connectivity index (χ0) is 21.8. The third-order valence-corrected chi connectivity index (χ3v) is 8.81. The van der Waals surface area contributed by atoms with Gasteiger partial charge in [0.05, 0.1) is 6.61 Å². The molecule has 4 fully saturated rings. The van der Waals surface area contributed by atoms with Gasteiger partial charge in [-0.1, -0.05) is 25.9 Å². The van der Waals surface area contributed by atoms with Crippen molar-refractivity contribution in [1.29, 1.82) is 0 Å². The van der Waals surface area contributed by atoms with Gasteiger partial charge in [-0.3, -0.25) is 4.79 Å². The molecule has 9 nitrogen and oxygen atoms in total. The Morgan fingerprint density at radius 3 is 2.61 bits per heavy atom. The first-order chi connectivity index (χ1) is 14.0. The van der Waals surface area contributed by atoms with Gasteiger partial charge in [-0.25, -0.2) is 4.79 Å². The number of ether oxygens (including phenoxy) is 3. The molecular formula is C21H25O9Y-. The van der Waals surface area contributed by atoms with Crippen molar-refractivity contribution in [2.24, 2.45) is 34.5 Å². The van der Waals surface area contributed by atoms with Gasteiger partial charge >= 0.3 is 5.97 Å². The van der Waals surface area contributed by atoms with E-state index >= 15 is 0 Å². The van der Waals surface area contributed by atoms with Crippen LogP contribution in [0.4, 0.5) is 0 Å². The fourth-order valence-electron chi connectivity index (χ4n) is 7.78. The van der Waals surface area contributed by atoms with E-state index in [-0.39, 0.29) is 45.2 Å². The first-order valence-electron chi connectivity index (χ1n) is 10.2. The van der Waals surface area contributed by atoms with E-state index in [0.29, 0.717) is 12.0 Å². The smallest absolute Gasteiger partial charge is 0.344 e. The van der Waals surface area contributed by atoms with Gasteiger partial charge in [-0.2, -0.15) is 0 Å². The van der Waals surface area contributed by atoms with Crippen LogP contribution in [0.15, 0.2) is 11.6 Å². The van der Waals surface area contributed by atoms with Crippen LogP contribution in [0.25, 0.3) is 0 Å². The van der Waals surface area contributed by atoms with E-state index in [9.17, 15) is 29.7 Å². The Kier molecular flexibility index (Phi) is 5.40. The van der Waals surface area contributed by atoms with Crippen LogP contribution in [-0.4, -0.2) is 70.4 Å². The molecule has 5 aliphatic rings. The number of carbonyl (C=O) groups is 2. The largest absolute Gasteiger partial charge is 0.643 e. The van der Waals surface area contributed by atoms with Crippen LogP contribution in [-0.2, 0) is 61.3 Å². The van der Waals surface area contributed by atoms with Crippen LogP contribution < -0.4 is 0 Å². The van der Waals surface area contributed by atoms with Crippen molar-refractivity contribution in [2.75, 3.05) is 6.61 Å². The average molecular weight is 510 g/mol. The number of hydrogen-bond acceptors (Lipinski definition) is 9.